The van der Waals surface area contributed by atoms with E-state index < -0.39 is 15.8 Å². The number of sulfonamides is 1. The quantitative estimate of drug-likeness (QED) is 0.658. The molecule has 4 nitrogen and oxygen atoms in total. The number of rotatable bonds is 5. The molecule has 0 heterocycles. The minimum atomic E-state index is -3.85. The third kappa shape index (κ3) is 3.08. The molecule has 0 aliphatic carbocycles. The summed E-state index contributed by atoms with van der Waals surface area (Å²) in [5.41, 5.74) is 6.28. The van der Waals surface area contributed by atoms with E-state index >= 15 is 0 Å². The summed E-state index contributed by atoms with van der Waals surface area (Å²) in [5.74, 6) is -0.838. The van der Waals surface area contributed by atoms with E-state index in [9.17, 15) is 12.8 Å². The van der Waals surface area contributed by atoms with Gasteiger partial charge in [0.1, 0.15) is 10.7 Å². The fourth-order valence-electron chi connectivity index (χ4n) is 1.53. The molecule has 1 aromatic rings. The fourth-order valence-corrected chi connectivity index (χ4v) is 3.09. The molecule has 0 spiro atoms. The topological polar surface area (TPSA) is 63.4 Å². The largest absolute Gasteiger partial charge is 0.399 e. The number of halogens is 1. The number of benzene rings is 1. The second kappa shape index (κ2) is 5.49. The van der Waals surface area contributed by atoms with Crippen LogP contribution in [0.25, 0.3) is 0 Å². The maximum absolute atomic E-state index is 13.7. The van der Waals surface area contributed by atoms with Gasteiger partial charge in [-0.3, -0.25) is 0 Å². The summed E-state index contributed by atoms with van der Waals surface area (Å²) >= 11 is 0. The van der Waals surface area contributed by atoms with Crippen molar-refractivity contribution in [2.45, 2.75) is 18.7 Å². The molecule has 0 aliphatic heterocycles. The molecule has 0 amide bonds. The highest BCUT2D eigenvalue weighted by atomic mass is 32.2. The van der Waals surface area contributed by atoms with E-state index in [0.29, 0.717) is 5.57 Å². The van der Waals surface area contributed by atoms with Crippen molar-refractivity contribution in [1.29, 1.82) is 0 Å². The van der Waals surface area contributed by atoms with Crippen molar-refractivity contribution in [1.82, 2.24) is 4.31 Å². The molecular weight excluding hydrogens is 255 g/mol. The van der Waals surface area contributed by atoms with Crippen LogP contribution in [0.1, 0.15) is 13.8 Å². The molecule has 0 atom stereocenters. The number of hydrogen-bond donors (Lipinski definition) is 1. The molecule has 0 saturated carbocycles. The van der Waals surface area contributed by atoms with Crippen LogP contribution in [0.2, 0.25) is 0 Å². The Bertz CT molecular complexity index is 555. The summed E-state index contributed by atoms with van der Waals surface area (Å²) in [6, 6.07) is 3.55. The maximum atomic E-state index is 13.7. The number of likely N-dealkylation sites (N-methyl/N-ethyl adjacent to an activating group) is 1. The standard InChI is InChI=1S/C12H17FN2O2S/c1-4-15(8-9(2)3)18(16,17)12-6-5-10(14)7-11(12)13/h5-7H,2,4,8,14H2,1,3H3. The lowest BCUT2D eigenvalue weighted by Gasteiger charge is -2.20. The zero-order valence-corrected chi connectivity index (χ0v) is 11.3. The summed E-state index contributed by atoms with van der Waals surface area (Å²) in [6.07, 6.45) is 0. The Morgan fingerprint density at radius 2 is 2.11 bits per heavy atom. The van der Waals surface area contributed by atoms with Crippen LogP contribution in [0.3, 0.4) is 0 Å². The first-order valence-corrected chi connectivity index (χ1v) is 6.92. The smallest absolute Gasteiger partial charge is 0.246 e. The van der Waals surface area contributed by atoms with Gasteiger partial charge in [0.05, 0.1) is 0 Å². The third-order valence-corrected chi connectivity index (χ3v) is 4.33. The van der Waals surface area contributed by atoms with Gasteiger partial charge in [-0.2, -0.15) is 4.31 Å². The molecule has 6 heteroatoms. The Balaban J connectivity index is 3.23. The van der Waals surface area contributed by atoms with Crippen molar-refractivity contribution in [3.63, 3.8) is 0 Å². The number of nitrogens with zero attached hydrogens (tertiary/aromatic N) is 1. The zero-order valence-electron chi connectivity index (χ0n) is 10.5. The average Bonchev–Trinajstić information content (AvgIpc) is 2.24. The molecule has 0 bridgehead atoms. The number of nitrogen functional groups attached to an aromatic ring is 1. The first-order chi connectivity index (χ1) is 8.28. The van der Waals surface area contributed by atoms with Gasteiger partial charge in [-0.05, 0) is 25.1 Å². The Morgan fingerprint density at radius 1 is 1.50 bits per heavy atom. The number of hydrogen-bond acceptors (Lipinski definition) is 3. The molecule has 2 N–H and O–H groups in total. The van der Waals surface area contributed by atoms with E-state index in [-0.39, 0.29) is 23.7 Å². The minimum absolute atomic E-state index is 0.169. The van der Waals surface area contributed by atoms with Crippen LogP contribution in [0.4, 0.5) is 10.1 Å². The van der Waals surface area contributed by atoms with Gasteiger partial charge in [-0.25, -0.2) is 12.8 Å². The second-order valence-electron chi connectivity index (χ2n) is 4.08. The minimum Gasteiger partial charge on any atom is -0.399 e. The van der Waals surface area contributed by atoms with Crippen molar-refractivity contribution < 1.29 is 12.8 Å². The molecule has 0 aromatic heterocycles. The van der Waals surface area contributed by atoms with Crippen molar-refractivity contribution in [3.8, 4) is 0 Å². The predicted octanol–water partition coefficient (Wildman–Crippen LogP) is 1.99. The van der Waals surface area contributed by atoms with Crippen LogP contribution >= 0.6 is 0 Å². The molecule has 1 aromatic carbocycles. The summed E-state index contributed by atoms with van der Waals surface area (Å²) in [7, 11) is -3.85. The van der Waals surface area contributed by atoms with E-state index in [1.807, 2.05) is 0 Å². The summed E-state index contributed by atoms with van der Waals surface area (Å²) < 4.78 is 39.3. The van der Waals surface area contributed by atoms with Gasteiger partial charge in [-0.1, -0.05) is 19.1 Å². The molecular formula is C12H17FN2O2S. The molecule has 1 rings (SSSR count). The Hall–Kier alpha value is -1.40. The Kier molecular flexibility index (Phi) is 4.48. The van der Waals surface area contributed by atoms with E-state index in [1.54, 1.807) is 13.8 Å². The van der Waals surface area contributed by atoms with Crippen molar-refractivity contribution in [2.24, 2.45) is 0 Å². The molecule has 0 radical (unpaired) electrons. The van der Waals surface area contributed by atoms with Gasteiger partial charge in [-0.15, -0.1) is 0 Å². The van der Waals surface area contributed by atoms with Gasteiger partial charge in [0.2, 0.25) is 10.0 Å². The van der Waals surface area contributed by atoms with Crippen molar-refractivity contribution >= 4 is 15.7 Å². The Labute approximate surface area is 107 Å². The van der Waals surface area contributed by atoms with Crippen molar-refractivity contribution in [3.05, 3.63) is 36.2 Å². The summed E-state index contributed by atoms with van der Waals surface area (Å²) in [6.45, 7) is 7.49. The summed E-state index contributed by atoms with van der Waals surface area (Å²) in [5, 5.41) is 0. The van der Waals surface area contributed by atoms with Crippen LogP contribution in [0.15, 0.2) is 35.2 Å². The molecule has 0 unspecified atom stereocenters. The lowest BCUT2D eigenvalue weighted by Crippen LogP contribution is -2.32. The number of nitrogens with two attached hydrogens (primary N) is 1. The van der Waals surface area contributed by atoms with Crippen LogP contribution in [0.5, 0.6) is 0 Å². The van der Waals surface area contributed by atoms with E-state index in [0.717, 1.165) is 6.07 Å². The number of anilines is 1. The van der Waals surface area contributed by atoms with Crippen LogP contribution in [0, 0.1) is 5.82 Å². The highest BCUT2D eigenvalue weighted by Crippen LogP contribution is 2.21. The maximum Gasteiger partial charge on any atom is 0.246 e. The first kappa shape index (κ1) is 14.7. The molecule has 100 valence electrons. The molecule has 18 heavy (non-hydrogen) atoms. The lowest BCUT2D eigenvalue weighted by atomic mass is 10.3. The van der Waals surface area contributed by atoms with E-state index in [4.69, 9.17) is 5.73 Å². The SMILES string of the molecule is C=C(C)CN(CC)S(=O)(=O)c1ccc(N)cc1F. The highest BCUT2D eigenvalue weighted by Gasteiger charge is 2.26. The van der Waals surface area contributed by atoms with Gasteiger partial charge in [0, 0.05) is 18.8 Å². The fraction of sp³-hybridized carbons (Fsp3) is 0.333. The van der Waals surface area contributed by atoms with E-state index in [2.05, 4.69) is 6.58 Å². The second-order valence-corrected chi connectivity index (χ2v) is 5.98. The van der Waals surface area contributed by atoms with Gasteiger partial charge >= 0.3 is 0 Å². The molecule has 0 fully saturated rings. The lowest BCUT2D eigenvalue weighted by molar-refractivity contribution is 0.447. The van der Waals surface area contributed by atoms with Crippen LogP contribution < -0.4 is 5.73 Å². The third-order valence-electron chi connectivity index (χ3n) is 2.37. The van der Waals surface area contributed by atoms with Gasteiger partial charge < -0.3 is 5.73 Å². The van der Waals surface area contributed by atoms with Gasteiger partial charge in [0.15, 0.2) is 0 Å². The average molecular weight is 272 g/mol. The Morgan fingerprint density at radius 3 is 2.56 bits per heavy atom. The van der Waals surface area contributed by atoms with Gasteiger partial charge in [0.25, 0.3) is 0 Å². The molecule has 0 aliphatic rings. The van der Waals surface area contributed by atoms with Crippen LogP contribution in [-0.2, 0) is 10.0 Å². The zero-order chi connectivity index (χ0) is 13.9. The predicted molar refractivity (Wildman–Crippen MR) is 70.1 cm³/mol. The van der Waals surface area contributed by atoms with Crippen molar-refractivity contribution in [2.75, 3.05) is 18.8 Å². The normalized spacial score (nSPS) is 11.8. The summed E-state index contributed by atoms with van der Waals surface area (Å²) in [4.78, 5) is -0.361. The van der Waals surface area contributed by atoms with Crippen LogP contribution in [-0.4, -0.2) is 25.8 Å². The first-order valence-electron chi connectivity index (χ1n) is 5.48. The van der Waals surface area contributed by atoms with E-state index in [1.165, 1.54) is 16.4 Å². The highest BCUT2D eigenvalue weighted by molar-refractivity contribution is 7.89. The molecule has 0 saturated heterocycles. The monoisotopic (exact) mass is 272 g/mol.